The Hall–Kier alpha value is -3.80. The topological polar surface area (TPSA) is 132 Å². The molecule has 4 aromatic rings. The molecular weight excluding hydrogens is 418 g/mol. The number of aryl methyl sites for hydroxylation is 1. The molecule has 1 unspecified atom stereocenters. The van der Waals surface area contributed by atoms with Crippen molar-refractivity contribution in [2.75, 3.05) is 20.3 Å². The zero-order chi connectivity index (χ0) is 21.9. The molecule has 5 heterocycles. The summed E-state index contributed by atoms with van der Waals surface area (Å²) in [5, 5.41) is 24.9. The van der Waals surface area contributed by atoms with Crippen molar-refractivity contribution in [2.45, 2.75) is 32.5 Å². The monoisotopic (exact) mass is 439 g/mol. The summed E-state index contributed by atoms with van der Waals surface area (Å²) in [6.07, 6.45) is 2.19. The summed E-state index contributed by atoms with van der Waals surface area (Å²) in [6.45, 7) is 3.19. The Kier molecular flexibility index (Phi) is 5.50. The van der Waals surface area contributed by atoms with E-state index in [1.165, 1.54) is 11.6 Å². The van der Waals surface area contributed by atoms with Crippen molar-refractivity contribution >= 4 is 5.65 Å². The van der Waals surface area contributed by atoms with Crippen molar-refractivity contribution in [2.24, 2.45) is 0 Å². The maximum Gasteiger partial charge on any atom is 0.275 e. The van der Waals surface area contributed by atoms with Gasteiger partial charge in [-0.1, -0.05) is 5.16 Å². The third kappa shape index (κ3) is 4.17. The Bertz CT molecular complexity index is 1200. The van der Waals surface area contributed by atoms with Crippen LogP contribution in [-0.2, 0) is 11.3 Å². The van der Waals surface area contributed by atoms with Crippen molar-refractivity contribution < 1.29 is 23.5 Å². The average Bonchev–Trinajstić information content (AvgIpc) is 3.57. The van der Waals surface area contributed by atoms with Gasteiger partial charge >= 0.3 is 0 Å². The molecule has 32 heavy (non-hydrogen) atoms. The van der Waals surface area contributed by atoms with Gasteiger partial charge in [-0.15, -0.1) is 25.5 Å². The van der Waals surface area contributed by atoms with Gasteiger partial charge in [-0.05, 0) is 25.8 Å². The summed E-state index contributed by atoms with van der Waals surface area (Å²) < 4.78 is 29.1. The smallest absolute Gasteiger partial charge is 0.275 e. The van der Waals surface area contributed by atoms with E-state index in [1.54, 1.807) is 31.2 Å². The second-order valence-electron chi connectivity index (χ2n) is 7.23. The van der Waals surface area contributed by atoms with Gasteiger partial charge in [-0.2, -0.15) is 4.52 Å². The van der Waals surface area contributed by atoms with E-state index < -0.39 is 0 Å². The molecule has 12 heteroatoms. The molecule has 0 aliphatic carbocycles. The molecule has 1 fully saturated rings. The molecule has 1 saturated heterocycles. The molecule has 0 aromatic carbocycles. The Balaban J connectivity index is 1.29. The molecule has 0 spiro atoms. The van der Waals surface area contributed by atoms with Crippen LogP contribution in [0.1, 0.15) is 24.3 Å². The van der Waals surface area contributed by atoms with Crippen LogP contribution in [0.4, 0.5) is 0 Å². The minimum atomic E-state index is 0.122. The summed E-state index contributed by atoms with van der Waals surface area (Å²) in [7, 11) is 1.53. The zero-order valence-corrected chi connectivity index (χ0v) is 17.6. The fourth-order valence-corrected chi connectivity index (χ4v) is 3.28. The van der Waals surface area contributed by atoms with Crippen LogP contribution in [0, 0.1) is 6.92 Å². The van der Waals surface area contributed by atoms with Gasteiger partial charge in [-0.25, -0.2) is 0 Å². The van der Waals surface area contributed by atoms with E-state index in [2.05, 4.69) is 30.7 Å². The van der Waals surface area contributed by atoms with E-state index in [-0.39, 0.29) is 18.6 Å². The lowest BCUT2D eigenvalue weighted by Gasteiger charge is -2.11. The number of hydrogen-bond acceptors (Lipinski definition) is 11. The van der Waals surface area contributed by atoms with E-state index in [4.69, 9.17) is 23.5 Å². The van der Waals surface area contributed by atoms with Crippen LogP contribution in [0.3, 0.4) is 0 Å². The van der Waals surface area contributed by atoms with Crippen molar-refractivity contribution in [3.8, 4) is 29.0 Å². The van der Waals surface area contributed by atoms with Gasteiger partial charge in [0.25, 0.3) is 5.88 Å². The van der Waals surface area contributed by atoms with Crippen LogP contribution >= 0.6 is 0 Å². The van der Waals surface area contributed by atoms with Gasteiger partial charge in [0.05, 0.1) is 13.2 Å². The predicted molar refractivity (Wildman–Crippen MR) is 108 cm³/mol. The highest BCUT2D eigenvalue weighted by Crippen LogP contribution is 2.28. The van der Waals surface area contributed by atoms with Gasteiger partial charge in [0, 0.05) is 24.8 Å². The molecule has 4 aromatic heterocycles. The van der Waals surface area contributed by atoms with E-state index in [0.29, 0.717) is 46.9 Å². The second-order valence-corrected chi connectivity index (χ2v) is 7.23. The first-order valence-electron chi connectivity index (χ1n) is 10.1. The number of ether oxygens (including phenoxy) is 4. The van der Waals surface area contributed by atoms with Crippen LogP contribution in [0.25, 0.3) is 17.2 Å². The number of hydrogen-bond donors (Lipinski definition) is 0. The van der Waals surface area contributed by atoms with Gasteiger partial charge in [0.15, 0.2) is 17.1 Å². The zero-order valence-electron chi connectivity index (χ0n) is 17.6. The lowest BCUT2D eigenvalue weighted by Crippen LogP contribution is -2.17. The molecule has 1 aliphatic rings. The van der Waals surface area contributed by atoms with Crippen molar-refractivity contribution in [3.05, 3.63) is 35.7 Å². The fourth-order valence-electron chi connectivity index (χ4n) is 3.28. The molecule has 1 aliphatic heterocycles. The van der Waals surface area contributed by atoms with Gasteiger partial charge in [0.1, 0.15) is 24.7 Å². The van der Waals surface area contributed by atoms with Crippen LogP contribution in [0.5, 0.6) is 17.5 Å². The van der Waals surface area contributed by atoms with Gasteiger partial charge in [0.2, 0.25) is 11.7 Å². The van der Waals surface area contributed by atoms with Crippen molar-refractivity contribution in [1.82, 2.24) is 35.2 Å². The summed E-state index contributed by atoms with van der Waals surface area (Å²) in [5.41, 5.74) is 1.61. The minimum absolute atomic E-state index is 0.122. The van der Waals surface area contributed by atoms with Crippen molar-refractivity contribution in [1.29, 1.82) is 0 Å². The lowest BCUT2D eigenvalue weighted by molar-refractivity contribution is 0.0659. The van der Waals surface area contributed by atoms with Gasteiger partial charge < -0.3 is 23.5 Å². The van der Waals surface area contributed by atoms with E-state index in [9.17, 15) is 0 Å². The molecule has 12 nitrogen and oxygen atoms in total. The van der Waals surface area contributed by atoms with E-state index >= 15 is 0 Å². The molecule has 0 amide bonds. The molecule has 0 N–H and O–H groups in total. The Morgan fingerprint density at radius 1 is 1.12 bits per heavy atom. The first kappa shape index (κ1) is 20.1. The first-order valence-corrected chi connectivity index (χ1v) is 10.1. The maximum absolute atomic E-state index is 5.85. The highest BCUT2D eigenvalue weighted by molar-refractivity contribution is 5.56. The average molecular weight is 439 g/mol. The highest BCUT2D eigenvalue weighted by atomic mass is 16.5. The predicted octanol–water partition coefficient (Wildman–Crippen LogP) is 2.02. The SMILES string of the molecule is COc1cc2nnc(-c3cc(C)on3)n2nc1OCc1ccc(OCC2CCCO2)nn1. The summed E-state index contributed by atoms with van der Waals surface area (Å²) >= 11 is 0. The molecule has 1 atom stereocenters. The Morgan fingerprint density at radius 3 is 2.78 bits per heavy atom. The highest BCUT2D eigenvalue weighted by Gasteiger charge is 2.18. The molecule has 0 radical (unpaired) electrons. The fraction of sp³-hybridized carbons (Fsp3) is 0.400. The number of nitrogens with zero attached hydrogens (tertiary/aromatic N) is 7. The minimum Gasteiger partial charge on any atom is -0.491 e. The molecular formula is C20H21N7O5. The molecule has 0 saturated carbocycles. The lowest BCUT2D eigenvalue weighted by atomic mass is 10.2. The van der Waals surface area contributed by atoms with Crippen molar-refractivity contribution in [3.63, 3.8) is 0 Å². The normalized spacial score (nSPS) is 15.9. The Morgan fingerprint density at radius 2 is 2.06 bits per heavy atom. The number of aromatic nitrogens is 7. The summed E-state index contributed by atoms with van der Waals surface area (Å²) in [5.74, 6) is 2.19. The second kappa shape index (κ2) is 8.75. The number of methoxy groups -OCH3 is 1. The van der Waals surface area contributed by atoms with E-state index in [0.717, 1.165) is 19.4 Å². The largest absolute Gasteiger partial charge is 0.491 e. The number of fused-ring (bicyclic) bond motifs is 1. The molecule has 166 valence electrons. The van der Waals surface area contributed by atoms with Crippen LogP contribution in [-0.4, -0.2) is 61.6 Å². The van der Waals surface area contributed by atoms with E-state index in [1.807, 2.05) is 0 Å². The van der Waals surface area contributed by atoms with Crippen LogP contribution in [0.2, 0.25) is 0 Å². The molecule has 5 rings (SSSR count). The third-order valence-corrected chi connectivity index (χ3v) is 4.90. The Labute approximate surface area is 182 Å². The maximum atomic E-state index is 5.85. The van der Waals surface area contributed by atoms with Gasteiger partial charge in [-0.3, -0.25) is 0 Å². The van der Waals surface area contributed by atoms with Crippen LogP contribution in [0.15, 0.2) is 28.8 Å². The summed E-state index contributed by atoms with van der Waals surface area (Å²) in [6, 6.07) is 6.96. The first-order chi connectivity index (χ1) is 15.7. The number of rotatable bonds is 8. The molecule has 0 bridgehead atoms. The third-order valence-electron chi connectivity index (χ3n) is 4.90. The quantitative estimate of drug-likeness (QED) is 0.399. The standard InChI is InChI=1S/C20H21N7O5/c1-12-8-15(26-32-12)19-24-22-17-9-16(28-2)20(25-27(17)19)31-10-13-5-6-18(23-21-13)30-11-14-4-3-7-29-14/h5-6,8-9,14H,3-4,7,10-11H2,1-2H3. The van der Waals surface area contributed by atoms with Crippen LogP contribution < -0.4 is 14.2 Å². The summed E-state index contributed by atoms with van der Waals surface area (Å²) in [4.78, 5) is 0.